The molecule has 10 atom stereocenters. The van der Waals surface area contributed by atoms with Crippen LogP contribution in [-0.4, -0.2) is 137 Å². The van der Waals surface area contributed by atoms with Crippen molar-refractivity contribution in [3.05, 3.63) is 71.2 Å². The molecule has 2 aliphatic carbocycles. The van der Waals surface area contributed by atoms with E-state index in [2.05, 4.69) is 44.3 Å². The number of H-pyrrole nitrogens is 1. The molecule has 0 radical (unpaired) electrons. The molecule has 1 amide bonds. The normalized spacial score (nSPS) is 30.4. The topological polar surface area (TPSA) is 220 Å². The molecule has 64 heavy (non-hydrogen) atoms. The Morgan fingerprint density at radius 2 is 1.95 bits per heavy atom. The maximum absolute atomic E-state index is 14.8. The number of phenols is 1. The van der Waals surface area contributed by atoms with Crippen molar-refractivity contribution in [2.75, 3.05) is 32.8 Å². The molecule has 4 heterocycles. The Kier molecular flexibility index (Phi) is 15.5. The number of alkyl carbamates (subject to hydrolysis) is 1. The third-order valence-electron chi connectivity index (χ3n) is 11.2. The number of aromatic hydroxyl groups is 1. The van der Waals surface area contributed by atoms with Gasteiger partial charge in [-0.15, -0.1) is 0 Å². The van der Waals surface area contributed by atoms with Crippen LogP contribution in [0.4, 0.5) is 4.79 Å². The lowest BCUT2D eigenvalue weighted by Crippen LogP contribution is -2.60. The van der Waals surface area contributed by atoms with Crippen molar-refractivity contribution in [2.24, 2.45) is 5.92 Å². The van der Waals surface area contributed by atoms with E-state index in [9.17, 15) is 29.7 Å². The predicted octanol–water partition coefficient (Wildman–Crippen LogP) is 4.70. The van der Waals surface area contributed by atoms with E-state index >= 15 is 0 Å². The number of hydrogen-bond donors (Lipinski definition) is 6. The summed E-state index contributed by atoms with van der Waals surface area (Å²) in [5, 5.41) is 42.2. The molecular weight excluding hydrogens is 885 g/mol. The van der Waals surface area contributed by atoms with E-state index in [-0.39, 0.29) is 59.5 Å². The summed E-state index contributed by atoms with van der Waals surface area (Å²) in [5.41, 5.74) is -1.01. The number of hydrogen-bond acceptors (Lipinski definition) is 17. The maximum atomic E-state index is 14.8. The molecule has 0 saturated carbocycles. The van der Waals surface area contributed by atoms with Crippen LogP contribution in [0.15, 0.2) is 65.5 Å². The first-order valence-electron chi connectivity index (χ1n) is 20.5. The van der Waals surface area contributed by atoms with E-state index in [0.717, 1.165) is 7.11 Å². The van der Waals surface area contributed by atoms with Gasteiger partial charge in [0.1, 0.15) is 23.7 Å². The molecule has 1 aromatic carbocycles. The first-order valence-corrected chi connectivity index (χ1v) is 24.6. The molecule has 0 spiro atoms. The number of nitrogens with one attached hydrogen (secondary N) is 3. The minimum Gasteiger partial charge on any atom is -0.508 e. The zero-order chi connectivity index (χ0) is 45.7. The summed E-state index contributed by atoms with van der Waals surface area (Å²) in [6, 6.07) is 6.49. The highest BCUT2D eigenvalue weighted by molar-refractivity contribution is 9.09. The molecule has 4 aliphatic rings. The van der Waals surface area contributed by atoms with Crippen LogP contribution >= 0.6 is 31.4 Å². The van der Waals surface area contributed by atoms with Crippen LogP contribution in [0.3, 0.4) is 0 Å². The van der Waals surface area contributed by atoms with Gasteiger partial charge in [-0.05, 0) is 59.4 Å². The quantitative estimate of drug-likeness (QED) is 0.0559. The van der Waals surface area contributed by atoms with E-state index in [1.54, 1.807) is 38.3 Å². The number of nitrogens with zero attached hydrogens (tertiary/aromatic N) is 1. The SMILES string of the molecule is COC(=O)NC1=C2/C(=C\CSSSC)[C@](O)(C#C/C=C\C#C[C@@H]2O[C@@H]2OC(C)[C@@H](C(=O)c3nccc4c3[nH]c3ccc(O)cc34)C(O)C2O[C@H]2CC(OC)[C@@H](NC(C)C)CO2)CC1=O. The number of aromatic nitrogens is 2. The van der Waals surface area contributed by atoms with Gasteiger partial charge >= 0.3 is 6.09 Å². The van der Waals surface area contributed by atoms with Crippen LogP contribution in [0.1, 0.15) is 44.1 Å². The molecule has 340 valence electrons. The molecule has 3 aromatic rings. The van der Waals surface area contributed by atoms with Gasteiger partial charge in [0.05, 0.1) is 61.6 Å². The molecule has 19 heteroatoms. The number of rotatable bonds is 14. The fraction of sp³-hybridized carbons (Fsp3) is 0.467. The van der Waals surface area contributed by atoms with Gasteiger partial charge in [-0.3, -0.25) is 19.9 Å². The molecule has 2 saturated heterocycles. The third kappa shape index (κ3) is 10.2. The number of fused-ring (bicyclic) bond motifs is 5. The van der Waals surface area contributed by atoms with Crippen LogP contribution in [0, 0.1) is 29.6 Å². The number of aliphatic hydroxyl groups excluding tert-OH is 1. The van der Waals surface area contributed by atoms with Crippen LogP contribution in [0.25, 0.3) is 21.8 Å². The van der Waals surface area contributed by atoms with Crippen molar-refractivity contribution >= 4 is 70.9 Å². The molecule has 2 aliphatic heterocycles. The van der Waals surface area contributed by atoms with Gasteiger partial charge in [0.15, 0.2) is 29.7 Å². The van der Waals surface area contributed by atoms with Crippen molar-refractivity contribution in [2.45, 2.75) is 94.4 Å². The second kappa shape index (κ2) is 20.9. The molecule has 2 fully saturated rings. The zero-order valence-electron chi connectivity index (χ0n) is 35.9. The highest BCUT2D eigenvalue weighted by Gasteiger charge is 2.52. The summed E-state index contributed by atoms with van der Waals surface area (Å²) in [6.45, 7) is 5.82. The van der Waals surface area contributed by atoms with Gasteiger partial charge in [-0.1, -0.05) is 65.2 Å². The monoisotopic (exact) mass is 934 g/mol. The highest BCUT2D eigenvalue weighted by Crippen LogP contribution is 2.42. The number of ketones is 2. The maximum Gasteiger partial charge on any atom is 0.411 e. The standard InChI is InChI=1S/C45H50N4O12S3/c1-23(2)47-30-22-58-34(20-33(30)56-4)61-42-41(53)35(40(52)39-37-26(14-17-46-39)27-19-25(50)12-13-29(27)48-37)24(3)59-43(42)60-32-11-9-7-8-10-16-45(55)21-31(51)38(49-44(54)57-5)36(32)28(45)15-18-63-64-62-6/h7-8,12-15,17,19,23-24,30,32-35,41-43,47-48,50,53,55H,18,20-22H2,1-6H3,(H,49,54)/b8-7-,28-15+/t24?,30-,32-,33?,34-,35-,41?,42?,43-,45-/m0/s1. The average molecular weight is 935 g/mol. The fourth-order valence-electron chi connectivity index (χ4n) is 8.40. The lowest BCUT2D eigenvalue weighted by Gasteiger charge is -2.46. The van der Waals surface area contributed by atoms with Gasteiger partial charge in [-0.25, -0.2) is 4.79 Å². The molecule has 6 N–H and O–H groups in total. The Morgan fingerprint density at radius 3 is 2.70 bits per heavy atom. The number of Topliss-reactive ketones (excluding diaryl/α,β-unsaturated/α-hetero) is 2. The van der Waals surface area contributed by atoms with Crippen LogP contribution < -0.4 is 10.6 Å². The lowest BCUT2D eigenvalue weighted by atomic mass is 9.75. The van der Waals surface area contributed by atoms with E-state index < -0.39 is 72.6 Å². The van der Waals surface area contributed by atoms with E-state index in [1.807, 2.05) is 20.1 Å². The summed E-state index contributed by atoms with van der Waals surface area (Å²) in [5.74, 6) is 9.37. The number of methoxy groups -OCH3 is 2. The third-order valence-corrected chi connectivity index (χ3v) is 15.0. The van der Waals surface area contributed by atoms with Gasteiger partial charge in [0.2, 0.25) is 0 Å². The average Bonchev–Trinajstić information content (AvgIpc) is 3.63. The van der Waals surface area contributed by atoms with E-state index in [4.69, 9.17) is 28.4 Å². The molecular formula is C45H50N4O12S3. The number of carbonyl (C=O) groups excluding carboxylic acids is 3. The Morgan fingerprint density at radius 1 is 1.16 bits per heavy atom. The van der Waals surface area contributed by atoms with Crippen molar-refractivity contribution < 1.29 is 58.1 Å². The van der Waals surface area contributed by atoms with E-state index in [1.165, 1.54) is 55.8 Å². The van der Waals surface area contributed by atoms with Crippen molar-refractivity contribution in [1.29, 1.82) is 0 Å². The molecule has 2 aromatic heterocycles. The van der Waals surface area contributed by atoms with Gasteiger partial charge in [-0.2, -0.15) is 0 Å². The Labute approximate surface area is 381 Å². The second-order valence-corrected chi connectivity index (χ2v) is 20.1. The Hall–Kier alpha value is -4.35. The summed E-state index contributed by atoms with van der Waals surface area (Å²) in [6.07, 6.45) is -1.67. The van der Waals surface area contributed by atoms with Crippen LogP contribution in [-0.2, 0) is 33.2 Å². The Bertz CT molecular complexity index is 2490. The summed E-state index contributed by atoms with van der Waals surface area (Å²) >= 11 is 0. The number of phenolic OH excluding ortho intramolecular Hbond substituents is 1. The molecule has 7 rings (SSSR count). The largest absolute Gasteiger partial charge is 0.508 e. The summed E-state index contributed by atoms with van der Waals surface area (Å²) in [7, 11) is 7.24. The van der Waals surface area contributed by atoms with Crippen molar-refractivity contribution in [3.63, 3.8) is 0 Å². The van der Waals surface area contributed by atoms with Gasteiger partial charge in [0.25, 0.3) is 0 Å². The number of allylic oxidation sites excluding steroid dienone is 3. The van der Waals surface area contributed by atoms with Crippen molar-refractivity contribution in [1.82, 2.24) is 20.6 Å². The van der Waals surface area contributed by atoms with Crippen LogP contribution in [0.5, 0.6) is 5.75 Å². The van der Waals surface area contributed by atoms with Crippen molar-refractivity contribution in [3.8, 4) is 29.4 Å². The zero-order valence-corrected chi connectivity index (χ0v) is 38.4. The number of aliphatic hydroxyl groups is 2. The highest BCUT2D eigenvalue weighted by atomic mass is 33.5. The Balaban J connectivity index is 1.31. The number of benzene rings is 1. The molecule has 2 bridgehead atoms. The number of ether oxygens (including phenoxy) is 6. The number of amides is 1. The minimum absolute atomic E-state index is 0.00427. The number of carbonyl (C=O) groups is 3. The molecule has 4 unspecified atom stereocenters. The predicted molar refractivity (Wildman–Crippen MR) is 244 cm³/mol. The summed E-state index contributed by atoms with van der Waals surface area (Å²) in [4.78, 5) is 49.3. The summed E-state index contributed by atoms with van der Waals surface area (Å²) < 4.78 is 36.9. The van der Waals surface area contributed by atoms with Crippen LogP contribution in [0.2, 0.25) is 0 Å². The first-order chi connectivity index (χ1) is 30.8. The van der Waals surface area contributed by atoms with Gasteiger partial charge in [0, 0.05) is 59.0 Å². The smallest absolute Gasteiger partial charge is 0.411 e. The molecule has 16 nitrogen and oxygen atoms in total. The number of aromatic amines is 1. The number of pyridine rings is 1. The fourth-order valence-corrected chi connectivity index (χ4v) is 10.8. The minimum atomic E-state index is -2.03. The van der Waals surface area contributed by atoms with E-state index in [0.29, 0.717) is 27.6 Å². The first kappa shape index (κ1) is 47.6. The second-order valence-electron chi connectivity index (χ2n) is 15.7. The van der Waals surface area contributed by atoms with Gasteiger partial charge < -0.3 is 54.0 Å². The lowest BCUT2D eigenvalue weighted by molar-refractivity contribution is -0.327.